The third-order valence-electron chi connectivity index (χ3n) is 4.35. The van der Waals surface area contributed by atoms with E-state index in [0.717, 1.165) is 22.7 Å². The summed E-state index contributed by atoms with van der Waals surface area (Å²) in [5, 5.41) is 13.9. The highest BCUT2D eigenvalue weighted by atomic mass is 28.3. The Morgan fingerprint density at radius 3 is 2.31 bits per heavy atom. The van der Waals surface area contributed by atoms with Crippen LogP contribution in [0.15, 0.2) is 42.6 Å². The minimum absolute atomic E-state index is 0.00984. The maximum absolute atomic E-state index is 9.34. The van der Waals surface area contributed by atoms with E-state index in [2.05, 4.69) is 34.7 Å². The Balaban J connectivity index is 1.73. The number of aromatic hydroxyl groups is 1. The van der Waals surface area contributed by atoms with Crippen LogP contribution >= 0.6 is 0 Å². The van der Waals surface area contributed by atoms with Crippen LogP contribution in [0.3, 0.4) is 0 Å². The topological polar surface area (TPSA) is 82.3 Å². The number of pyridine rings is 1. The Labute approximate surface area is 172 Å². The molecule has 0 radical (unpaired) electrons. The number of nitrogens with zero attached hydrogens (tertiary/aromatic N) is 4. The standard InChI is InChI=1S/C21H28N4O3Si/c1-5-28-21-23-20(24-25(21)15-27-12-13-29(2,3)4)17-8-6-16(7-9-17)18-10-11-19(26)22-14-18/h6-11,14H,5,12-13,15H2,1-4H3,(H,22,26). The Hall–Kier alpha value is -2.71. The number of aromatic nitrogens is 4. The van der Waals surface area contributed by atoms with E-state index in [9.17, 15) is 5.11 Å². The molecule has 0 bridgehead atoms. The van der Waals surface area contributed by atoms with Gasteiger partial charge < -0.3 is 14.6 Å². The van der Waals surface area contributed by atoms with Gasteiger partial charge in [-0.25, -0.2) is 4.98 Å². The van der Waals surface area contributed by atoms with E-state index in [-0.39, 0.29) is 5.88 Å². The smallest absolute Gasteiger partial charge is 0.317 e. The molecule has 154 valence electrons. The van der Waals surface area contributed by atoms with Crippen molar-refractivity contribution in [3.8, 4) is 34.4 Å². The van der Waals surface area contributed by atoms with Crippen molar-refractivity contribution in [3.63, 3.8) is 0 Å². The van der Waals surface area contributed by atoms with Crippen LogP contribution in [-0.4, -0.2) is 46.1 Å². The average Bonchev–Trinajstić information content (AvgIpc) is 3.08. The fourth-order valence-electron chi connectivity index (χ4n) is 2.67. The van der Waals surface area contributed by atoms with Gasteiger partial charge in [-0.15, -0.1) is 5.10 Å². The molecule has 2 heterocycles. The molecule has 0 amide bonds. The predicted octanol–water partition coefficient (Wildman–Crippen LogP) is 4.42. The molecule has 3 rings (SSSR count). The molecule has 0 aliphatic carbocycles. The van der Waals surface area contributed by atoms with Gasteiger partial charge in [-0.2, -0.15) is 9.67 Å². The second-order valence-electron chi connectivity index (χ2n) is 7.98. The summed E-state index contributed by atoms with van der Waals surface area (Å²) >= 11 is 0. The lowest BCUT2D eigenvalue weighted by molar-refractivity contribution is 0.0700. The molecule has 0 atom stereocenters. The minimum atomic E-state index is -1.13. The highest BCUT2D eigenvalue weighted by Crippen LogP contribution is 2.25. The van der Waals surface area contributed by atoms with Crippen molar-refractivity contribution in [2.75, 3.05) is 13.2 Å². The average molecular weight is 413 g/mol. The number of hydrogen-bond acceptors (Lipinski definition) is 6. The molecule has 2 aromatic heterocycles. The van der Waals surface area contributed by atoms with Crippen LogP contribution < -0.4 is 4.74 Å². The van der Waals surface area contributed by atoms with Crippen LogP contribution in [0, 0.1) is 0 Å². The van der Waals surface area contributed by atoms with E-state index < -0.39 is 8.07 Å². The monoisotopic (exact) mass is 412 g/mol. The van der Waals surface area contributed by atoms with Crippen molar-refractivity contribution in [1.82, 2.24) is 19.7 Å². The van der Waals surface area contributed by atoms with Gasteiger partial charge in [-0.05, 0) is 24.6 Å². The minimum Gasteiger partial charge on any atom is -0.493 e. The van der Waals surface area contributed by atoms with Crippen molar-refractivity contribution in [1.29, 1.82) is 0 Å². The molecule has 29 heavy (non-hydrogen) atoms. The summed E-state index contributed by atoms with van der Waals surface area (Å²) in [6.45, 7) is 10.5. The second-order valence-corrected chi connectivity index (χ2v) is 13.6. The summed E-state index contributed by atoms with van der Waals surface area (Å²) in [5.74, 6) is 0.605. The first-order valence-corrected chi connectivity index (χ1v) is 13.5. The van der Waals surface area contributed by atoms with Crippen LogP contribution in [0.5, 0.6) is 11.9 Å². The molecule has 7 nitrogen and oxygen atoms in total. The first-order valence-electron chi connectivity index (χ1n) is 9.77. The Kier molecular flexibility index (Phi) is 6.66. The molecule has 0 aliphatic heterocycles. The fraction of sp³-hybridized carbons (Fsp3) is 0.381. The summed E-state index contributed by atoms with van der Waals surface area (Å²) < 4.78 is 13.1. The summed E-state index contributed by atoms with van der Waals surface area (Å²) in [6, 6.07) is 12.9. The van der Waals surface area contributed by atoms with Gasteiger partial charge in [0.1, 0.15) is 6.73 Å². The highest BCUT2D eigenvalue weighted by Gasteiger charge is 2.15. The van der Waals surface area contributed by atoms with E-state index in [0.29, 0.717) is 31.8 Å². The molecule has 0 saturated carbocycles. The summed E-state index contributed by atoms with van der Waals surface area (Å²) in [5.41, 5.74) is 2.82. The van der Waals surface area contributed by atoms with E-state index in [1.165, 1.54) is 0 Å². The molecule has 0 aliphatic rings. The van der Waals surface area contributed by atoms with E-state index in [4.69, 9.17) is 9.47 Å². The third kappa shape index (κ3) is 5.88. The quantitative estimate of drug-likeness (QED) is 0.414. The lowest BCUT2D eigenvalue weighted by Crippen LogP contribution is -2.22. The number of rotatable bonds is 9. The van der Waals surface area contributed by atoms with E-state index in [1.807, 2.05) is 37.3 Å². The highest BCUT2D eigenvalue weighted by molar-refractivity contribution is 6.76. The molecular weight excluding hydrogens is 384 g/mol. The number of ether oxygens (including phenoxy) is 2. The van der Waals surface area contributed by atoms with Crippen molar-refractivity contribution in [2.45, 2.75) is 39.3 Å². The van der Waals surface area contributed by atoms with E-state index >= 15 is 0 Å². The Bertz CT molecular complexity index is 919. The maximum atomic E-state index is 9.34. The Morgan fingerprint density at radius 2 is 1.69 bits per heavy atom. The molecule has 3 aromatic rings. The van der Waals surface area contributed by atoms with Gasteiger partial charge >= 0.3 is 6.01 Å². The molecule has 1 N–H and O–H groups in total. The van der Waals surface area contributed by atoms with Gasteiger partial charge in [-0.3, -0.25) is 0 Å². The molecular formula is C21H28N4O3Si. The third-order valence-corrected chi connectivity index (χ3v) is 6.05. The molecule has 1 aromatic carbocycles. The lowest BCUT2D eigenvalue weighted by atomic mass is 10.1. The Morgan fingerprint density at radius 1 is 1.00 bits per heavy atom. The van der Waals surface area contributed by atoms with Crippen LogP contribution in [-0.2, 0) is 11.5 Å². The summed E-state index contributed by atoms with van der Waals surface area (Å²) in [7, 11) is -1.13. The van der Waals surface area contributed by atoms with Crippen molar-refractivity contribution in [2.24, 2.45) is 0 Å². The van der Waals surface area contributed by atoms with Gasteiger partial charge in [0, 0.05) is 38.1 Å². The zero-order valence-electron chi connectivity index (χ0n) is 17.4. The maximum Gasteiger partial charge on any atom is 0.317 e. The zero-order chi connectivity index (χ0) is 20.9. The molecule has 0 fully saturated rings. The van der Waals surface area contributed by atoms with Gasteiger partial charge in [0.2, 0.25) is 5.88 Å². The van der Waals surface area contributed by atoms with Crippen molar-refractivity contribution >= 4 is 8.07 Å². The molecule has 0 spiro atoms. The molecule has 0 saturated heterocycles. The van der Waals surface area contributed by atoms with Crippen LogP contribution in [0.25, 0.3) is 22.5 Å². The number of benzene rings is 1. The van der Waals surface area contributed by atoms with Crippen LogP contribution in [0.1, 0.15) is 6.92 Å². The fourth-order valence-corrected chi connectivity index (χ4v) is 3.42. The number of hydrogen-bond donors (Lipinski definition) is 1. The molecule has 8 heteroatoms. The van der Waals surface area contributed by atoms with Gasteiger partial charge in [0.25, 0.3) is 0 Å². The first-order chi connectivity index (χ1) is 13.9. The van der Waals surface area contributed by atoms with Crippen molar-refractivity contribution < 1.29 is 14.6 Å². The van der Waals surface area contributed by atoms with Crippen LogP contribution in [0.4, 0.5) is 0 Å². The normalized spacial score (nSPS) is 11.6. The lowest BCUT2D eigenvalue weighted by Gasteiger charge is -2.15. The van der Waals surface area contributed by atoms with Gasteiger partial charge in [0.15, 0.2) is 5.82 Å². The van der Waals surface area contributed by atoms with Gasteiger partial charge in [-0.1, -0.05) is 43.9 Å². The van der Waals surface area contributed by atoms with Gasteiger partial charge in [0.05, 0.1) is 6.61 Å². The van der Waals surface area contributed by atoms with Crippen molar-refractivity contribution in [3.05, 3.63) is 42.6 Å². The SMILES string of the molecule is CCOc1nc(-c2ccc(-c3ccc(O)nc3)cc2)nn1COCC[Si](C)(C)C. The first kappa shape index (κ1) is 21.0. The van der Waals surface area contributed by atoms with E-state index in [1.54, 1.807) is 16.9 Å². The summed E-state index contributed by atoms with van der Waals surface area (Å²) in [6.07, 6.45) is 1.64. The largest absolute Gasteiger partial charge is 0.493 e. The summed E-state index contributed by atoms with van der Waals surface area (Å²) in [4.78, 5) is 8.45. The predicted molar refractivity (Wildman–Crippen MR) is 116 cm³/mol. The van der Waals surface area contributed by atoms with Crippen LogP contribution in [0.2, 0.25) is 25.7 Å². The molecule has 0 unspecified atom stereocenters. The zero-order valence-corrected chi connectivity index (χ0v) is 18.4. The second kappa shape index (κ2) is 9.19.